The third-order valence-corrected chi connectivity index (χ3v) is 2.45. The fourth-order valence-corrected chi connectivity index (χ4v) is 1.38. The summed E-state index contributed by atoms with van der Waals surface area (Å²) in [4.78, 5) is 22.6. The SMILES string of the molecule is Cc1ccc(NC(=O)c2ccc(=O)[nH]n2)cc1N. The van der Waals surface area contributed by atoms with Crippen molar-refractivity contribution < 1.29 is 4.79 Å². The lowest BCUT2D eigenvalue weighted by molar-refractivity contribution is 0.102. The molecular weight excluding hydrogens is 232 g/mol. The second-order valence-corrected chi connectivity index (χ2v) is 3.83. The van der Waals surface area contributed by atoms with Crippen molar-refractivity contribution >= 4 is 17.3 Å². The van der Waals surface area contributed by atoms with E-state index in [0.29, 0.717) is 11.4 Å². The average Bonchev–Trinajstić information content (AvgIpc) is 2.34. The number of aryl methyl sites for hydroxylation is 1. The molecule has 0 bridgehead atoms. The van der Waals surface area contributed by atoms with Crippen molar-refractivity contribution in [2.45, 2.75) is 6.92 Å². The van der Waals surface area contributed by atoms with Gasteiger partial charge in [0.2, 0.25) is 0 Å². The number of nitrogens with zero attached hydrogens (tertiary/aromatic N) is 1. The van der Waals surface area contributed by atoms with Crippen molar-refractivity contribution in [3.8, 4) is 0 Å². The molecule has 0 unspecified atom stereocenters. The van der Waals surface area contributed by atoms with Crippen LogP contribution in [0.2, 0.25) is 0 Å². The van der Waals surface area contributed by atoms with E-state index < -0.39 is 5.91 Å². The molecule has 4 N–H and O–H groups in total. The number of carbonyl (C=O) groups excluding carboxylic acids is 1. The lowest BCUT2D eigenvalue weighted by Gasteiger charge is -2.06. The monoisotopic (exact) mass is 244 g/mol. The average molecular weight is 244 g/mol. The number of carbonyl (C=O) groups is 1. The van der Waals surface area contributed by atoms with Crippen LogP contribution in [-0.2, 0) is 0 Å². The summed E-state index contributed by atoms with van der Waals surface area (Å²) in [7, 11) is 0. The summed E-state index contributed by atoms with van der Waals surface area (Å²) in [5.74, 6) is -0.408. The zero-order valence-electron chi connectivity index (χ0n) is 9.73. The third-order valence-electron chi connectivity index (χ3n) is 2.45. The van der Waals surface area contributed by atoms with Gasteiger partial charge in [0.1, 0.15) is 5.69 Å². The molecule has 1 heterocycles. The Kier molecular flexibility index (Phi) is 3.09. The van der Waals surface area contributed by atoms with Crippen LogP contribution in [0.4, 0.5) is 11.4 Å². The van der Waals surface area contributed by atoms with Crippen molar-refractivity contribution in [2.75, 3.05) is 11.1 Å². The number of aromatic nitrogens is 2. The molecular formula is C12H12N4O2. The molecule has 0 aliphatic rings. The van der Waals surface area contributed by atoms with Gasteiger partial charge in [0, 0.05) is 17.4 Å². The summed E-state index contributed by atoms with van der Waals surface area (Å²) < 4.78 is 0. The zero-order valence-corrected chi connectivity index (χ0v) is 9.73. The van der Waals surface area contributed by atoms with Gasteiger partial charge in [-0.2, -0.15) is 5.10 Å². The minimum Gasteiger partial charge on any atom is -0.398 e. The van der Waals surface area contributed by atoms with Crippen LogP contribution in [0.1, 0.15) is 16.1 Å². The number of nitrogen functional groups attached to an aromatic ring is 1. The summed E-state index contributed by atoms with van der Waals surface area (Å²) in [6, 6.07) is 7.82. The molecule has 0 radical (unpaired) electrons. The van der Waals surface area contributed by atoms with E-state index in [1.165, 1.54) is 12.1 Å². The van der Waals surface area contributed by atoms with Crippen LogP contribution in [0.5, 0.6) is 0 Å². The van der Waals surface area contributed by atoms with E-state index in [1.54, 1.807) is 12.1 Å². The van der Waals surface area contributed by atoms with E-state index in [0.717, 1.165) is 5.56 Å². The molecule has 1 amide bonds. The summed E-state index contributed by atoms with van der Waals surface area (Å²) in [6.07, 6.45) is 0. The van der Waals surface area contributed by atoms with Crippen molar-refractivity contribution in [2.24, 2.45) is 0 Å². The lowest BCUT2D eigenvalue weighted by Crippen LogP contribution is -2.17. The Hall–Kier alpha value is -2.63. The fraction of sp³-hybridized carbons (Fsp3) is 0.0833. The van der Waals surface area contributed by atoms with Gasteiger partial charge in [0.25, 0.3) is 11.5 Å². The quantitative estimate of drug-likeness (QED) is 0.683. The maximum atomic E-state index is 11.8. The summed E-state index contributed by atoms with van der Waals surface area (Å²) in [5, 5.41) is 8.47. The molecule has 0 atom stereocenters. The predicted molar refractivity (Wildman–Crippen MR) is 68.4 cm³/mol. The molecule has 0 spiro atoms. The molecule has 0 saturated heterocycles. The second-order valence-electron chi connectivity index (χ2n) is 3.83. The van der Waals surface area contributed by atoms with Crippen molar-refractivity contribution in [1.82, 2.24) is 10.2 Å². The smallest absolute Gasteiger partial charge is 0.276 e. The van der Waals surface area contributed by atoms with Gasteiger partial charge in [-0.05, 0) is 30.7 Å². The fourth-order valence-electron chi connectivity index (χ4n) is 1.38. The van der Waals surface area contributed by atoms with E-state index in [1.807, 2.05) is 13.0 Å². The van der Waals surface area contributed by atoms with Crippen LogP contribution in [0.3, 0.4) is 0 Å². The molecule has 92 valence electrons. The second kappa shape index (κ2) is 4.70. The maximum absolute atomic E-state index is 11.8. The summed E-state index contributed by atoms with van der Waals surface area (Å²) in [5.41, 5.74) is 7.64. The van der Waals surface area contributed by atoms with Crippen LogP contribution in [0.15, 0.2) is 35.1 Å². The number of anilines is 2. The maximum Gasteiger partial charge on any atom is 0.276 e. The first kappa shape index (κ1) is 11.8. The van der Waals surface area contributed by atoms with E-state index in [2.05, 4.69) is 15.5 Å². The standard InChI is InChI=1S/C12H12N4O2/c1-7-2-3-8(6-9(7)13)14-12(18)10-4-5-11(17)16-15-10/h2-6H,13H2,1H3,(H,14,18)(H,16,17). The number of rotatable bonds is 2. The van der Waals surface area contributed by atoms with Crippen molar-refractivity contribution in [1.29, 1.82) is 0 Å². The molecule has 0 fully saturated rings. The highest BCUT2D eigenvalue weighted by molar-refractivity contribution is 6.02. The first-order valence-corrected chi connectivity index (χ1v) is 5.29. The van der Waals surface area contributed by atoms with E-state index >= 15 is 0 Å². The van der Waals surface area contributed by atoms with Crippen LogP contribution in [0.25, 0.3) is 0 Å². The van der Waals surface area contributed by atoms with Crippen LogP contribution >= 0.6 is 0 Å². The molecule has 0 saturated carbocycles. The molecule has 0 aliphatic heterocycles. The number of aromatic amines is 1. The first-order chi connectivity index (χ1) is 8.56. The Balaban J connectivity index is 2.18. The van der Waals surface area contributed by atoms with Gasteiger partial charge in [-0.15, -0.1) is 0 Å². The third kappa shape index (κ3) is 2.54. The number of benzene rings is 1. The van der Waals surface area contributed by atoms with E-state index in [4.69, 9.17) is 5.73 Å². The number of amides is 1. The first-order valence-electron chi connectivity index (χ1n) is 5.29. The Labute approximate surface area is 103 Å². The van der Waals surface area contributed by atoms with Crippen LogP contribution in [0, 0.1) is 6.92 Å². The van der Waals surface area contributed by atoms with Gasteiger partial charge in [0.15, 0.2) is 0 Å². The highest BCUT2D eigenvalue weighted by Crippen LogP contribution is 2.17. The van der Waals surface area contributed by atoms with Gasteiger partial charge < -0.3 is 11.1 Å². The van der Waals surface area contributed by atoms with Crippen molar-refractivity contribution in [3.63, 3.8) is 0 Å². The number of nitrogens with one attached hydrogen (secondary N) is 2. The molecule has 2 rings (SSSR count). The molecule has 1 aromatic carbocycles. The Morgan fingerprint density at radius 1 is 1.33 bits per heavy atom. The summed E-state index contributed by atoms with van der Waals surface area (Å²) in [6.45, 7) is 1.88. The van der Waals surface area contributed by atoms with E-state index in [-0.39, 0.29) is 11.3 Å². The molecule has 1 aromatic heterocycles. The van der Waals surface area contributed by atoms with Gasteiger partial charge in [-0.25, -0.2) is 5.10 Å². The van der Waals surface area contributed by atoms with Crippen molar-refractivity contribution in [3.05, 3.63) is 51.9 Å². The van der Waals surface area contributed by atoms with E-state index in [9.17, 15) is 9.59 Å². The number of hydrogen-bond acceptors (Lipinski definition) is 4. The molecule has 18 heavy (non-hydrogen) atoms. The minimum atomic E-state index is -0.408. The number of nitrogens with two attached hydrogens (primary N) is 1. The molecule has 6 nitrogen and oxygen atoms in total. The number of H-pyrrole nitrogens is 1. The predicted octanol–water partition coefficient (Wildman–Crippen LogP) is 0.913. The Bertz CT molecular complexity index is 628. The number of hydrogen-bond donors (Lipinski definition) is 3. The highest BCUT2D eigenvalue weighted by Gasteiger charge is 2.08. The van der Waals surface area contributed by atoms with Gasteiger partial charge in [-0.1, -0.05) is 6.07 Å². The lowest BCUT2D eigenvalue weighted by atomic mass is 10.2. The minimum absolute atomic E-state index is 0.133. The molecule has 2 aromatic rings. The highest BCUT2D eigenvalue weighted by atomic mass is 16.2. The normalized spacial score (nSPS) is 10.1. The van der Waals surface area contributed by atoms with Crippen LogP contribution in [-0.4, -0.2) is 16.1 Å². The summed E-state index contributed by atoms with van der Waals surface area (Å²) >= 11 is 0. The zero-order chi connectivity index (χ0) is 13.1. The topological polar surface area (TPSA) is 101 Å². The van der Waals surface area contributed by atoms with Crippen LogP contribution < -0.4 is 16.6 Å². The molecule has 6 heteroatoms. The van der Waals surface area contributed by atoms with Gasteiger partial charge in [0.05, 0.1) is 0 Å². The molecule has 0 aliphatic carbocycles. The largest absolute Gasteiger partial charge is 0.398 e. The van der Waals surface area contributed by atoms with Gasteiger partial charge in [-0.3, -0.25) is 9.59 Å². The Morgan fingerprint density at radius 2 is 2.11 bits per heavy atom. The Morgan fingerprint density at radius 3 is 2.72 bits per heavy atom. The van der Waals surface area contributed by atoms with Gasteiger partial charge >= 0.3 is 0 Å².